The SMILES string of the molecule is CCC.CCN(CC)c1ccc2c(c1)Oc1cc(N(CC)CC)ccc1C21C(=N)C(=O)c2ccccc21. The Morgan fingerprint density at radius 2 is 1.16 bits per heavy atom. The summed E-state index contributed by atoms with van der Waals surface area (Å²) in [4.78, 5) is 17.9. The molecule has 3 aromatic carbocycles. The number of carbonyl (C=O) groups is 1. The van der Waals surface area contributed by atoms with Gasteiger partial charge >= 0.3 is 0 Å². The van der Waals surface area contributed by atoms with Crippen LogP contribution in [0.3, 0.4) is 0 Å². The highest BCUT2D eigenvalue weighted by Crippen LogP contribution is 2.57. The maximum absolute atomic E-state index is 13.3. The molecule has 0 radical (unpaired) electrons. The van der Waals surface area contributed by atoms with E-state index in [4.69, 9.17) is 10.1 Å². The van der Waals surface area contributed by atoms with Crippen molar-refractivity contribution < 1.29 is 9.53 Å². The Bertz CT molecular complexity index is 1240. The van der Waals surface area contributed by atoms with Gasteiger partial charge in [0, 0.05) is 66.4 Å². The Labute approximate surface area is 221 Å². The smallest absolute Gasteiger partial charge is 0.208 e. The molecule has 0 unspecified atom stereocenters. The molecule has 1 N–H and O–H groups in total. The lowest BCUT2D eigenvalue weighted by atomic mass is 9.67. The van der Waals surface area contributed by atoms with Crippen molar-refractivity contribution in [1.82, 2.24) is 0 Å². The van der Waals surface area contributed by atoms with Crippen molar-refractivity contribution >= 4 is 22.9 Å². The molecule has 5 nitrogen and oxygen atoms in total. The maximum atomic E-state index is 13.3. The molecule has 5 heteroatoms. The van der Waals surface area contributed by atoms with Gasteiger partial charge in [-0.05, 0) is 45.4 Å². The molecule has 3 aromatic rings. The van der Waals surface area contributed by atoms with Gasteiger partial charge in [-0.15, -0.1) is 0 Å². The molecule has 1 aliphatic heterocycles. The van der Waals surface area contributed by atoms with Gasteiger partial charge in [-0.1, -0.05) is 56.7 Å². The molecule has 0 aromatic heterocycles. The minimum absolute atomic E-state index is 0.0886. The lowest BCUT2D eigenvalue weighted by Gasteiger charge is -2.39. The first-order valence-corrected chi connectivity index (χ1v) is 13.6. The number of ether oxygens (including phenoxy) is 1. The topological polar surface area (TPSA) is 56.6 Å². The highest BCUT2D eigenvalue weighted by molar-refractivity contribution is 6.53. The number of hydrogen-bond donors (Lipinski definition) is 1. The number of anilines is 2. The van der Waals surface area contributed by atoms with E-state index >= 15 is 0 Å². The van der Waals surface area contributed by atoms with Crippen LogP contribution in [0.25, 0.3) is 0 Å². The first-order chi connectivity index (χ1) is 17.9. The molecular weight excluding hydrogens is 458 g/mol. The molecule has 1 heterocycles. The van der Waals surface area contributed by atoms with E-state index in [1.54, 1.807) is 0 Å². The summed E-state index contributed by atoms with van der Waals surface area (Å²) in [6.45, 7) is 16.4. The van der Waals surface area contributed by atoms with E-state index in [9.17, 15) is 4.79 Å². The van der Waals surface area contributed by atoms with Crippen LogP contribution < -0.4 is 14.5 Å². The summed E-state index contributed by atoms with van der Waals surface area (Å²) in [6, 6.07) is 20.1. The summed E-state index contributed by atoms with van der Waals surface area (Å²) in [5, 5.41) is 9.14. The second-order valence-corrected chi connectivity index (χ2v) is 9.51. The molecule has 37 heavy (non-hydrogen) atoms. The number of Topliss-reactive ketones (excluding diaryl/α,β-unsaturated/α-hetero) is 1. The van der Waals surface area contributed by atoms with E-state index in [2.05, 4.69) is 75.6 Å². The van der Waals surface area contributed by atoms with Crippen LogP contribution in [-0.4, -0.2) is 37.7 Å². The van der Waals surface area contributed by atoms with E-state index < -0.39 is 5.41 Å². The van der Waals surface area contributed by atoms with E-state index in [0.717, 1.165) is 54.2 Å². The van der Waals surface area contributed by atoms with Crippen molar-refractivity contribution in [3.05, 3.63) is 82.9 Å². The molecule has 194 valence electrons. The van der Waals surface area contributed by atoms with Crippen molar-refractivity contribution in [2.45, 2.75) is 53.4 Å². The number of hydrogen-bond acceptors (Lipinski definition) is 5. The molecule has 0 saturated heterocycles. The van der Waals surface area contributed by atoms with Crippen LogP contribution in [0.2, 0.25) is 0 Å². The van der Waals surface area contributed by atoms with Gasteiger partial charge in [-0.3, -0.25) is 10.2 Å². The number of fused-ring (bicyclic) bond motifs is 6. The predicted molar refractivity (Wildman–Crippen MR) is 154 cm³/mol. The van der Waals surface area contributed by atoms with Gasteiger partial charge in [-0.25, -0.2) is 0 Å². The fraction of sp³-hybridized carbons (Fsp3) is 0.375. The summed E-state index contributed by atoms with van der Waals surface area (Å²) >= 11 is 0. The molecule has 0 fully saturated rings. The summed E-state index contributed by atoms with van der Waals surface area (Å²) in [7, 11) is 0. The molecule has 0 amide bonds. The molecule has 2 aliphatic rings. The van der Waals surface area contributed by atoms with Gasteiger partial charge in [0.15, 0.2) is 0 Å². The molecule has 0 saturated carbocycles. The number of nitrogens with one attached hydrogen (secondary N) is 1. The Kier molecular flexibility index (Phi) is 7.72. The van der Waals surface area contributed by atoms with Crippen LogP contribution in [0.4, 0.5) is 11.4 Å². The molecular formula is C32H39N3O2. The fourth-order valence-electron chi connectivity index (χ4n) is 5.65. The number of carbonyl (C=O) groups excluding carboxylic acids is 1. The first-order valence-electron chi connectivity index (χ1n) is 13.6. The van der Waals surface area contributed by atoms with Gasteiger partial charge in [0.1, 0.15) is 11.5 Å². The quantitative estimate of drug-likeness (QED) is 0.384. The molecule has 0 bridgehead atoms. The Morgan fingerprint density at radius 3 is 1.62 bits per heavy atom. The fourth-order valence-corrected chi connectivity index (χ4v) is 5.65. The zero-order chi connectivity index (χ0) is 26.7. The summed E-state index contributed by atoms with van der Waals surface area (Å²) in [5.74, 6) is 1.21. The lowest BCUT2D eigenvalue weighted by molar-refractivity contribution is 0.106. The highest BCUT2D eigenvalue weighted by atomic mass is 16.5. The third-order valence-corrected chi connectivity index (χ3v) is 7.39. The summed E-state index contributed by atoms with van der Waals surface area (Å²) in [5.41, 5.74) is 4.45. The molecule has 5 rings (SSSR count). The van der Waals surface area contributed by atoms with Gasteiger partial charge in [0.25, 0.3) is 0 Å². The number of ketones is 1. The van der Waals surface area contributed by atoms with E-state index in [0.29, 0.717) is 17.1 Å². The van der Waals surface area contributed by atoms with E-state index in [1.165, 1.54) is 6.42 Å². The van der Waals surface area contributed by atoms with Crippen LogP contribution in [0.1, 0.15) is 75.0 Å². The van der Waals surface area contributed by atoms with Crippen molar-refractivity contribution in [1.29, 1.82) is 5.41 Å². The summed E-state index contributed by atoms with van der Waals surface area (Å²) < 4.78 is 6.56. The van der Waals surface area contributed by atoms with Gasteiger partial charge < -0.3 is 14.5 Å². The zero-order valence-electron chi connectivity index (χ0n) is 23.0. The van der Waals surface area contributed by atoms with Crippen molar-refractivity contribution in [2.24, 2.45) is 0 Å². The minimum Gasteiger partial charge on any atom is -0.457 e. The number of nitrogens with zero attached hydrogens (tertiary/aromatic N) is 2. The second kappa shape index (κ2) is 10.8. The maximum Gasteiger partial charge on any atom is 0.208 e. The Balaban J connectivity index is 0.00000102. The van der Waals surface area contributed by atoms with Crippen molar-refractivity contribution in [3.63, 3.8) is 0 Å². The monoisotopic (exact) mass is 497 g/mol. The average molecular weight is 498 g/mol. The van der Waals surface area contributed by atoms with Crippen LogP contribution in [0.15, 0.2) is 60.7 Å². The number of rotatable bonds is 6. The Hall–Kier alpha value is -3.60. The highest BCUT2D eigenvalue weighted by Gasteiger charge is 2.55. The number of benzene rings is 3. The third-order valence-electron chi connectivity index (χ3n) is 7.39. The Morgan fingerprint density at radius 1 is 0.703 bits per heavy atom. The predicted octanol–water partition coefficient (Wildman–Crippen LogP) is 7.45. The second-order valence-electron chi connectivity index (χ2n) is 9.51. The van der Waals surface area contributed by atoms with Gasteiger partial charge in [0.05, 0.1) is 11.1 Å². The first kappa shape index (κ1) is 26.5. The third kappa shape index (κ3) is 4.11. The van der Waals surface area contributed by atoms with Crippen LogP contribution in [-0.2, 0) is 5.41 Å². The van der Waals surface area contributed by atoms with Gasteiger partial charge in [-0.2, -0.15) is 0 Å². The van der Waals surface area contributed by atoms with Crippen molar-refractivity contribution in [2.75, 3.05) is 36.0 Å². The van der Waals surface area contributed by atoms with E-state index in [-0.39, 0.29) is 11.5 Å². The summed E-state index contributed by atoms with van der Waals surface area (Å²) in [6.07, 6.45) is 1.25. The largest absolute Gasteiger partial charge is 0.457 e. The van der Waals surface area contributed by atoms with Crippen LogP contribution >= 0.6 is 0 Å². The molecule has 0 atom stereocenters. The zero-order valence-corrected chi connectivity index (χ0v) is 23.0. The normalized spacial score (nSPS) is 14.2. The van der Waals surface area contributed by atoms with Crippen LogP contribution in [0.5, 0.6) is 11.5 Å². The van der Waals surface area contributed by atoms with Gasteiger partial charge in [0.2, 0.25) is 5.78 Å². The minimum atomic E-state index is -0.972. The molecule has 1 aliphatic carbocycles. The standard InChI is InChI=1S/C29H31N3O2.C3H8/c1-5-31(6-2)19-13-15-23-25(17-19)34-26-18-20(32(7-3)8-4)14-16-24(26)29(23)22-12-10-9-11-21(22)27(33)28(29)30;1-3-2/h9-18,30H,5-8H2,1-4H3;3H2,1-2H3. The molecule has 1 spiro atoms. The van der Waals surface area contributed by atoms with Crippen molar-refractivity contribution in [3.8, 4) is 11.5 Å². The van der Waals surface area contributed by atoms with E-state index in [1.807, 2.05) is 36.4 Å². The van der Waals surface area contributed by atoms with Crippen LogP contribution in [0, 0.1) is 5.41 Å². The lowest BCUT2D eigenvalue weighted by Crippen LogP contribution is -2.39. The average Bonchev–Trinajstić information content (AvgIpc) is 3.13.